The molecule has 0 saturated heterocycles. The number of pyridine rings is 1. The Kier molecular flexibility index (Phi) is 4.37. The topological polar surface area (TPSA) is 76.9 Å². The van der Waals surface area contributed by atoms with Gasteiger partial charge in [0.15, 0.2) is 5.69 Å². The second kappa shape index (κ2) is 6.62. The van der Waals surface area contributed by atoms with Gasteiger partial charge in [0.2, 0.25) is 0 Å². The number of hydrogen-bond acceptors (Lipinski definition) is 4. The molecule has 0 atom stereocenters. The van der Waals surface area contributed by atoms with Gasteiger partial charge in [-0.05, 0) is 31.5 Å². The van der Waals surface area contributed by atoms with Crippen molar-refractivity contribution in [1.29, 1.82) is 0 Å². The predicted octanol–water partition coefficient (Wildman–Crippen LogP) is 2.76. The zero-order valence-corrected chi connectivity index (χ0v) is 13.6. The Hall–Kier alpha value is -3.02. The van der Waals surface area contributed by atoms with Crippen molar-refractivity contribution in [2.45, 2.75) is 26.8 Å². The molecule has 0 aliphatic carbocycles. The average Bonchev–Trinajstić information content (AvgIpc) is 2.57. The third-order valence-corrected chi connectivity index (χ3v) is 3.65. The van der Waals surface area contributed by atoms with E-state index in [4.69, 9.17) is 0 Å². The molecule has 0 unspecified atom stereocenters. The fourth-order valence-corrected chi connectivity index (χ4v) is 2.55. The number of rotatable bonds is 4. The molecule has 1 amide bonds. The first-order chi connectivity index (χ1) is 11.6. The van der Waals surface area contributed by atoms with Crippen LogP contribution in [0.2, 0.25) is 0 Å². The number of hydrogen-bond donors (Lipinski definition) is 1. The summed E-state index contributed by atoms with van der Waals surface area (Å²) in [7, 11) is 0. The van der Waals surface area contributed by atoms with E-state index in [-0.39, 0.29) is 17.2 Å². The van der Waals surface area contributed by atoms with E-state index >= 15 is 0 Å². The molecule has 3 aromatic rings. The van der Waals surface area contributed by atoms with Crippen LogP contribution >= 0.6 is 0 Å². The summed E-state index contributed by atoms with van der Waals surface area (Å²) in [5.41, 5.74) is 0.848. The van der Waals surface area contributed by atoms with E-state index in [1.54, 1.807) is 30.3 Å². The molecule has 3 rings (SSSR count). The van der Waals surface area contributed by atoms with Crippen LogP contribution in [-0.2, 0) is 6.54 Å². The third-order valence-electron chi connectivity index (χ3n) is 3.65. The first-order valence-electron chi connectivity index (χ1n) is 7.85. The number of nitrogens with one attached hydrogen (secondary N) is 1. The molecule has 122 valence electrons. The Morgan fingerprint density at radius 3 is 2.58 bits per heavy atom. The minimum absolute atomic E-state index is 0.183. The molecular formula is C18H18N4O2. The van der Waals surface area contributed by atoms with Gasteiger partial charge in [0, 0.05) is 17.6 Å². The van der Waals surface area contributed by atoms with Crippen molar-refractivity contribution in [2.75, 3.05) is 5.32 Å². The summed E-state index contributed by atoms with van der Waals surface area (Å²) in [5.74, 6) is 0.0771. The largest absolute Gasteiger partial charge is 0.305 e. The summed E-state index contributed by atoms with van der Waals surface area (Å²) in [4.78, 5) is 29.4. The van der Waals surface area contributed by atoms with Gasteiger partial charge in [-0.1, -0.05) is 31.2 Å². The summed E-state index contributed by atoms with van der Waals surface area (Å²) in [6, 6.07) is 12.4. The number of carbonyl (C=O) groups is 1. The van der Waals surface area contributed by atoms with E-state index in [0.29, 0.717) is 23.1 Å². The van der Waals surface area contributed by atoms with Gasteiger partial charge < -0.3 is 5.32 Å². The van der Waals surface area contributed by atoms with Crippen LogP contribution in [0.15, 0.2) is 47.3 Å². The second-order valence-corrected chi connectivity index (χ2v) is 5.54. The number of nitrogens with zero attached hydrogens (tertiary/aromatic N) is 3. The minimum atomic E-state index is -0.380. The lowest BCUT2D eigenvalue weighted by atomic mass is 10.1. The van der Waals surface area contributed by atoms with Crippen LogP contribution in [0, 0.1) is 6.92 Å². The molecule has 24 heavy (non-hydrogen) atoms. The molecule has 0 fully saturated rings. The first-order valence-corrected chi connectivity index (χ1v) is 7.85. The number of fused-ring (bicyclic) bond motifs is 1. The maximum atomic E-state index is 12.7. The third kappa shape index (κ3) is 3.03. The highest BCUT2D eigenvalue weighted by atomic mass is 16.2. The molecule has 6 heteroatoms. The van der Waals surface area contributed by atoms with Gasteiger partial charge in [-0.2, -0.15) is 5.10 Å². The highest BCUT2D eigenvalue weighted by Gasteiger charge is 2.17. The van der Waals surface area contributed by atoms with Crippen molar-refractivity contribution in [3.8, 4) is 0 Å². The van der Waals surface area contributed by atoms with Crippen molar-refractivity contribution in [1.82, 2.24) is 14.8 Å². The molecular weight excluding hydrogens is 304 g/mol. The van der Waals surface area contributed by atoms with Gasteiger partial charge in [-0.25, -0.2) is 9.67 Å². The number of benzene rings is 1. The Bertz CT molecular complexity index is 963. The molecule has 0 saturated carbocycles. The lowest BCUT2D eigenvalue weighted by molar-refractivity contribution is 0.102. The number of amides is 1. The first kappa shape index (κ1) is 15.9. The van der Waals surface area contributed by atoms with Crippen molar-refractivity contribution in [2.24, 2.45) is 0 Å². The van der Waals surface area contributed by atoms with Crippen molar-refractivity contribution in [3.05, 3.63) is 64.2 Å². The van der Waals surface area contributed by atoms with Gasteiger partial charge >= 0.3 is 0 Å². The number of carbonyl (C=O) groups excluding carboxylic acids is 1. The summed E-state index contributed by atoms with van der Waals surface area (Å²) in [6.07, 6.45) is 0.756. The van der Waals surface area contributed by atoms with Crippen LogP contribution in [0.1, 0.15) is 29.5 Å². The number of aromatic nitrogens is 3. The highest BCUT2D eigenvalue weighted by molar-refractivity contribution is 6.10. The average molecular weight is 322 g/mol. The Morgan fingerprint density at radius 1 is 1.12 bits per heavy atom. The van der Waals surface area contributed by atoms with Crippen molar-refractivity contribution < 1.29 is 4.79 Å². The summed E-state index contributed by atoms with van der Waals surface area (Å²) >= 11 is 0. The van der Waals surface area contributed by atoms with Crippen LogP contribution < -0.4 is 10.9 Å². The zero-order chi connectivity index (χ0) is 17.1. The van der Waals surface area contributed by atoms with E-state index < -0.39 is 0 Å². The van der Waals surface area contributed by atoms with E-state index in [2.05, 4.69) is 15.4 Å². The van der Waals surface area contributed by atoms with Crippen LogP contribution in [0.4, 0.5) is 5.82 Å². The second-order valence-electron chi connectivity index (χ2n) is 5.54. The maximum Gasteiger partial charge on any atom is 0.277 e. The van der Waals surface area contributed by atoms with E-state index in [0.717, 1.165) is 12.1 Å². The Morgan fingerprint density at radius 2 is 1.88 bits per heavy atom. The number of anilines is 1. The van der Waals surface area contributed by atoms with Gasteiger partial charge in [0.05, 0.1) is 5.39 Å². The van der Waals surface area contributed by atoms with Crippen molar-refractivity contribution >= 4 is 22.5 Å². The fraction of sp³-hybridized carbons (Fsp3) is 0.222. The molecule has 0 bridgehead atoms. The standard InChI is InChI=1S/C18H18N4O2/c1-3-11-22-18(24)14-9-5-4-8-13(14)16(21-22)17(23)20-15-10-6-7-12(2)19-15/h4-10H,3,11H2,1-2H3,(H,19,20,23). The highest BCUT2D eigenvalue weighted by Crippen LogP contribution is 2.15. The number of aryl methyl sites for hydroxylation is 2. The molecule has 2 heterocycles. The van der Waals surface area contributed by atoms with Crippen LogP contribution in [0.5, 0.6) is 0 Å². The molecule has 0 aliphatic rings. The lowest BCUT2D eigenvalue weighted by Gasteiger charge is -2.10. The van der Waals surface area contributed by atoms with Crippen LogP contribution in [0.3, 0.4) is 0 Å². The molecule has 1 aromatic carbocycles. The smallest absolute Gasteiger partial charge is 0.277 e. The van der Waals surface area contributed by atoms with Gasteiger partial charge in [-0.3, -0.25) is 9.59 Å². The van der Waals surface area contributed by atoms with E-state index in [1.807, 2.05) is 26.0 Å². The Labute approximate surface area is 139 Å². The van der Waals surface area contributed by atoms with E-state index in [9.17, 15) is 9.59 Å². The van der Waals surface area contributed by atoms with Gasteiger partial charge in [-0.15, -0.1) is 0 Å². The quantitative estimate of drug-likeness (QED) is 0.801. The molecule has 6 nitrogen and oxygen atoms in total. The minimum Gasteiger partial charge on any atom is -0.305 e. The van der Waals surface area contributed by atoms with Crippen molar-refractivity contribution in [3.63, 3.8) is 0 Å². The van der Waals surface area contributed by atoms with Gasteiger partial charge in [0.1, 0.15) is 5.82 Å². The van der Waals surface area contributed by atoms with Gasteiger partial charge in [0.25, 0.3) is 11.5 Å². The molecule has 0 spiro atoms. The summed E-state index contributed by atoms with van der Waals surface area (Å²) < 4.78 is 1.35. The predicted molar refractivity (Wildman–Crippen MR) is 93.2 cm³/mol. The molecule has 0 radical (unpaired) electrons. The molecule has 2 aromatic heterocycles. The van der Waals surface area contributed by atoms with E-state index in [1.165, 1.54) is 4.68 Å². The Balaban J connectivity index is 2.09. The van der Waals surface area contributed by atoms with Crippen LogP contribution in [-0.4, -0.2) is 20.7 Å². The SMILES string of the molecule is CCCn1nc(C(=O)Nc2cccc(C)n2)c2ccccc2c1=O. The van der Waals surface area contributed by atoms with Crippen LogP contribution in [0.25, 0.3) is 10.8 Å². The summed E-state index contributed by atoms with van der Waals surface area (Å²) in [5, 5.41) is 8.06. The lowest BCUT2D eigenvalue weighted by Crippen LogP contribution is -2.27. The normalized spacial score (nSPS) is 10.8. The summed E-state index contributed by atoms with van der Waals surface area (Å²) in [6.45, 7) is 4.27. The monoisotopic (exact) mass is 322 g/mol. The molecule has 0 aliphatic heterocycles. The molecule has 1 N–H and O–H groups in total. The fourth-order valence-electron chi connectivity index (χ4n) is 2.55. The zero-order valence-electron chi connectivity index (χ0n) is 13.6. The maximum absolute atomic E-state index is 12.7.